The number of para-hydroxylation sites is 1. The van der Waals surface area contributed by atoms with Gasteiger partial charge in [-0.2, -0.15) is 0 Å². The molecule has 0 aliphatic carbocycles. The van der Waals surface area contributed by atoms with E-state index in [1.165, 1.54) is 17.4 Å². The average molecular weight is 471 g/mol. The molecule has 0 bridgehead atoms. The first kappa shape index (κ1) is 22.4. The van der Waals surface area contributed by atoms with Crippen LogP contribution in [0.5, 0.6) is 0 Å². The summed E-state index contributed by atoms with van der Waals surface area (Å²) in [5.41, 5.74) is 5.15. The van der Waals surface area contributed by atoms with Crippen LogP contribution in [0.15, 0.2) is 83.0 Å². The molecule has 0 N–H and O–H groups in total. The van der Waals surface area contributed by atoms with Crippen LogP contribution < -0.4 is 4.90 Å². The van der Waals surface area contributed by atoms with Gasteiger partial charge in [0, 0.05) is 31.2 Å². The van der Waals surface area contributed by atoms with Gasteiger partial charge in [0.1, 0.15) is 0 Å². The van der Waals surface area contributed by atoms with E-state index in [1.54, 1.807) is 17.3 Å². The second-order valence-corrected chi connectivity index (χ2v) is 9.24. The Balaban J connectivity index is 1.44. The number of morpholine rings is 1. The Morgan fingerprint density at radius 3 is 2.65 bits per heavy atom. The summed E-state index contributed by atoms with van der Waals surface area (Å²) < 4.78 is 5.47. The predicted octanol–water partition coefficient (Wildman–Crippen LogP) is 5.03. The second-order valence-electron chi connectivity index (χ2n) is 8.23. The summed E-state index contributed by atoms with van der Waals surface area (Å²) in [4.78, 5) is 27.2. The molecule has 34 heavy (non-hydrogen) atoms. The molecule has 2 saturated heterocycles. The Morgan fingerprint density at radius 1 is 1.09 bits per heavy atom. The van der Waals surface area contributed by atoms with E-state index in [-0.39, 0.29) is 5.91 Å². The van der Waals surface area contributed by atoms with Crippen molar-refractivity contribution in [3.8, 4) is 0 Å². The number of thioether (sulfide) groups is 1. The van der Waals surface area contributed by atoms with E-state index in [0.717, 1.165) is 48.7 Å². The van der Waals surface area contributed by atoms with E-state index < -0.39 is 0 Å². The van der Waals surface area contributed by atoms with Crippen molar-refractivity contribution < 1.29 is 9.53 Å². The molecule has 6 nitrogen and oxygen atoms in total. The number of ether oxygens (including phenoxy) is 1. The van der Waals surface area contributed by atoms with Gasteiger partial charge >= 0.3 is 0 Å². The first-order chi connectivity index (χ1) is 16.7. The molecule has 2 aliphatic heterocycles. The van der Waals surface area contributed by atoms with Crippen LogP contribution in [-0.4, -0.2) is 47.3 Å². The number of carbonyl (C=O) groups is 1. The summed E-state index contributed by atoms with van der Waals surface area (Å²) in [5, 5.41) is 0.675. The van der Waals surface area contributed by atoms with Crippen LogP contribution in [0.4, 0.5) is 11.4 Å². The number of hydrogen-bond donors (Lipinski definition) is 0. The van der Waals surface area contributed by atoms with E-state index in [1.807, 2.05) is 48.5 Å². The van der Waals surface area contributed by atoms with Crippen LogP contribution in [0.3, 0.4) is 0 Å². The maximum atomic E-state index is 13.5. The fourth-order valence-corrected chi connectivity index (χ4v) is 4.99. The summed E-state index contributed by atoms with van der Waals surface area (Å²) in [6.07, 6.45) is 5.50. The van der Waals surface area contributed by atoms with E-state index in [9.17, 15) is 4.79 Å². The minimum atomic E-state index is -0.0415. The zero-order valence-electron chi connectivity index (χ0n) is 19.1. The third-order valence-corrected chi connectivity index (χ3v) is 6.86. The normalized spacial score (nSPS) is 18.8. The highest BCUT2D eigenvalue weighted by Gasteiger charge is 2.33. The van der Waals surface area contributed by atoms with Crippen molar-refractivity contribution in [2.45, 2.75) is 13.5 Å². The number of amidine groups is 1. The fraction of sp³-hybridized carbons (Fsp3) is 0.222. The highest BCUT2D eigenvalue weighted by molar-refractivity contribution is 8.18. The average Bonchev–Trinajstić information content (AvgIpc) is 3.16. The number of hydrogen-bond acceptors (Lipinski definition) is 6. The fourth-order valence-electron chi connectivity index (χ4n) is 4.00. The molecule has 172 valence electrons. The standard InChI is InChI=1S/C27H26N4O2S/c1-20-16-24(30-12-14-33-15-13-30)10-9-22(20)17-25-26(32)31(19-21-6-5-11-28-18-21)27(34-25)29-23-7-3-2-4-8-23/h2-11,16-18H,12-15,19H2,1H3/b25-17-,29-27?. The summed E-state index contributed by atoms with van der Waals surface area (Å²) in [5.74, 6) is -0.0415. The van der Waals surface area contributed by atoms with E-state index in [4.69, 9.17) is 9.73 Å². The highest BCUT2D eigenvalue weighted by Crippen LogP contribution is 2.36. The molecule has 0 atom stereocenters. The Hall–Kier alpha value is -3.42. The molecular formula is C27H26N4O2S. The lowest BCUT2D eigenvalue weighted by molar-refractivity contribution is -0.122. The van der Waals surface area contributed by atoms with Crippen LogP contribution in [0.2, 0.25) is 0 Å². The minimum Gasteiger partial charge on any atom is -0.378 e. The molecule has 1 amide bonds. The number of aryl methyl sites for hydroxylation is 1. The molecule has 2 aliphatic rings. The SMILES string of the molecule is Cc1cc(N2CCOCC2)ccc1/C=C1\SC(=Nc2ccccc2)N(Cc2cccnc2)C1=O. The number of amides is 1. The van der Waals surface area contributed by atoms with Crippen molar-refractivity contribution in [2.75, 3.05) is 31.2 Å². The third kappa shape index (κ3) is 5.05. The maximum Gasteiger partial charge on any atom is 0.267 e. The van der Waals surface area contributed by atoms with Crippen molar-refractivity contribution >= 4 is 40.3 Å². The van der Waals surface area contributed by atoms with Crippen LogP contribution in [0, 0.1) is 6.92 Å². The molecule has 0 radical (unpaired) electrons. The Morgan fingerprint density at radius 2 is 1.91 bits per heavy atom. The third-order valence-electron chi connectivity index (χ3n) is 5.85. The van der Waals surface area contributed by atoms with E-state index in [2.05, 4.69) is 35.0 Å². The van der Waals surface area contributed by atoms with Gasteiger partial charge in [-0.3, -0.25) is 14.7 Å². The number of aromatic nitrogens is 1. The minimum absolute atomic E-state index is 0.0415. The zero-order valence-corrected chi connectivity index (χ0v) is 19.9. The Kier molecular flexibility index (Phi) is 6.74. The van der Waals surface area contributed by atoms with E-state index >= 15 is 0 Å². The van der Waals surface area contributed by atoms with Crippen molar-refractivity contribution in [1.82, 2.24) is 9.88 Å². The molecule has 0 spiro atoms. The van der Waals surface area contributed by atoms with Gasteiger partial charge in [-0.25, -0.2) is 4.99 Å². The van der Waals surface area contributed by atoms with Crippen LogP contribution in [-0.2, 0) is 16.1 Å². The number of rotatable bonds is 5. The van der Waals surface area contributed by atoms with Gasteiger partial charge in [-0.1, -0.05) is 30.3 Å². The van der Waals surface area contributed by atoms with Gasteiger partial charge in [0.05, 0.1) is 30.4 Å². The molecular weight excluding hydrogens is 444 g/mol. The summed E-state index contributed by atoms with van der Waals surface area (Å²) in [7, 11) is 0. The number of pyridine rings is 1. The maximum absolute atomic E-state index is 13.5. The lowest BCUT2D eigenvalue weighted by Crippen LogP contribution is -2.36. The second kappa shape index (κ2) is 10.2. The Labute approximate surface area is 204 Å². The van der Waals surface area contributed by atoms with Crippen LogP contribution >= 0.6 is 11.8 Å². The smallest absolute Gasteiger partial charge is 0.267 e. The van der Waals surface area contributed by atoms with E-state index in [0.29, 0.717) is 16.6 Å². The molecule has 5 rings (SSSR count). The zero-order chi connectivity index (χ0) is 23.3. The molecule has 1 aromatic heterocycles. The first-order valence-electron chi connectivity index (χ1n) is 11.3. The number of anilines is 1. The van der Waals surface area contributed by atoms with Gasteiger partial charge in [0.2, 0.25) is 0 Å². The van der Waals surface area contributed by atoms with Gasteiger partial charge in [-0.05, 0) is 71.8 Å². The number of aliphatic imine (C=N–C) groups is 1. The van der Waals surface area contributed by atoms with Crippen LogP contribution in [0.25, 0.3) is 6.08 Å². The molecule has 3 heterocycles. The lowest BCUT2D eigenvalue weighted by Gasteiger charge is -2.29. The van der Waals surface area contributed by atoms with Crippen molar-refractivity contribution in [3.63, 3.8) is 0 Å². The summed E-state index contributed by atoms with van der Waals surface area (Å²) >= 11 is 1.42. The van der Waals surface area contributed by atoms with Gasteiger partial charge in [0.25, 0.3) is 5.91 Å². The lowest BCUT2D eigenvalue weighted by atomic mass is 10.1. The molecule has 7 heteroatoms. The molecule has 2 aromatic carbocycles. The predicted molar refractivity (Wildman–Crippen MR) is 138 cm³/mol. The van der Waals surface area contributed by atoms with Gasteiger partial charge in [0.15, 0.2) is 5.17 Å². The molecule has 0 unspecified atom stereocenters. The topological polar surface area (TPSA) is 58.0 Å². The van der Waals surface area contributed by atoms with Crippen LogP contribution in [0.1, 0.15) is 16.7 Å². The quantitative estimate of drug-likeness (QED) is 0.490. The molecule has 3 aromatic rings. The highest BCUT2D eigenvalue weighted by atomic mass is 32.2. The number of carbonyl (C=O) groups excluding carboxylic acids is 1. The van der Waals surface area contributed by atoms with Crippen molar-refractivity contribution in [2.24, 2.45) is 4.99 Å². The van der Waals surface area contributed by atoms with Gasteiger partial charge < -0.3 is 9.64 Å². The number of nitrogens with zero attached hydrogens (tertiary/aromatic N) is 4. The van der Waals surface area contributed by atoms with Crippen molar-refractivity contribution in [1.29, 1.82) is 0 Å². The van der Waals surface area contributed by atoms with Crippen molar-refractivity contribution in [3.05, 3.63) is 94.7 Å². The Bertz CT molecular complexity index is 1220. The molecule has 2 fully saturated rings. The summed E-state index contributed by atoms with van der Waals surface area (Å²) in [6.45, 7) is 5.83. The molecule has 0 saturated carbocycles. The monoisotopic (exact) mass is 470 g/mol. The summed E-state index contributed by atoms with van der Waals surface area (Å²) in [6, 6.07) is 20.0. The first-order valence-corrected chi connectivity index (χ1v) is 12.2. The van der Waals surface area contributed by atoms with Gasteiger partial charge in [-0.15, -0.1) is 0 Å². The largest absolute Gasteiger partial charge is 0.378 e. The number of benzene rings is 2.